The van der Waals surface area contributed by atoms with Crippen molar-refractivity contribution >= 4 is 0 Å². The summed E-state index contributed by atoms with van der Waals surface area (Å²) in [4.78, 5) is 29.7. The van der Waals surface area contributed by atoms with Crippen molar-refractivity contribution in [2.24, 2.45) is 0 Å². The molecule has 292 valence electrons. The van der Waals surface area contributed by atoms with Crippen LogP contribution in [0.3, 0.4) is 0 Å². The second-order valence-electron chi connectivity index (χ2n) is 15.7. The molecule has 1 aliphatic heterocycles. The summed E-state index contributed by atoms with van der Waals surface area (Å²) in [6.45, 7) is 0. The summed E-state index contributed by atoms with van der Waals surface area (Å²) < 4.78 is 6.71. The number of ether oxygens (including phenoxy) is 1. The summed E-state index contributed by atoms with van der Waals surface area (Å²) in [6.07, 6.45) is 10.1. The zero-order valence-corrected chi connectivity index (χ0v) is 33.5. The molecule has 2 aliphatic carbocycles. The van der Waals surface area contributed by atoms with Gasteiger partial charge in [-0.15, -0.1) is 0 Å². The first-order chi connectivity index (χ1) is 30.7. The number of fused-ring (bicyclic) bond motifs is 9. The van der Waals surface area contributed by atoms with Crippen LogP contribution in [0.2, 0.25) is 0 Å². The van der Waals surface area contributed by atoms with E-state index in [-0.39, 0.29) is 0 Å². The molecule has 9 aromatic rings. The highest BCUT2D eigenvalue weighted by molar-refractivity contribution is 5.93. The number of aromatic nitrogens is 6. The van der Waals surface area contributed by atoms with E-state index in [1.54, 1.807) is 12.4 Å². The third-order valence-electron chi connectivity index (χ3n) is 12.1. The standard InChI is InChI=1S/C55H36N6O/c1-3-15-35(16-4-1)52-59-53(36-17-5-2-6-18-36)61-54(60-52)38-26-28-43-41(32-38)40-31-37(39-33-48(46-21-11-13-29-56-46)58-49(34-39)47-22-12-14-30-57-47)25-27-42(40)55(43)44-19-7-9-23-50(44)62-51-24-10-8-20-45(51)55/h1-7,9,11-34H,8,10H2. The monoisotopic (exact) mass is 796 g/mol. The van der Waals surface area contributed by atoms with E-state index in [1.807, 2.05) is 97.1 Å². The third-order valence-corrected chi connectivity index (χ3v) is 12.1. The lowest BCUT2D eigenvalue weighted by Crippen LogP contribution is -2.36. The van der Waals surface area contributed by atoms with E-state index in [0.29, 0.717) is 17.5 Å². The Morgan fingerprint density at radius 1 is 0.387 bits per heavy atom. The fourth-order valence-electron chi connectivity index (χ4n) is 9.37. The molecule has 5 aromatic carbocycles. The molecule has 7 nitrogen and oxygen atoms in total. The molecule has 0 N–H and O–H groups in total. The van der Waals surface area contributed by atoms with Gasteiger partial charge in [0.15, 0.2) is 17.5 Å². The third kappa shape index (κ3) is 5.81. The van der Waals surface area contributed by atoms with Crippen LogP contribution in [-0.4, -0.2) is 29.9 Å². The molecule has 5 heterocycles. The molecule has 0 fully saturated rings. The van der Waals surface area contributed by atoms with E-state index >= 15 is 0 Å². The van der Waals surface area contributed by atoms with Gasteiger partial charge in [0.2, 0.25) is 0 Å². The molecule has 3 aliphatic rings. The summed E-state index contributed by atoms with van der Waals surface area (Å²) in [5.41, 5.74) is 14.3. The van der Waals surface area contributed by atoms with E-state index in [2.05, 4.69) is 94.9 Å². The first kappa shape index (κ1) is 35.8. The molecule has 1 atom stereocenters. The summed E-state index contributed by atoms with van der Waals surface area (Å²) in [5.74, 6) is 3.66. The average molecular weight is 797 g/mol. The van der Waals surface area contributed by atoms with Crippen LogP contribution in [0.4, 0.5) is 0 Å². The Morgan fingerprint density at radius 3 is 1.53 bits per heavy atom. The van der Waals surface area contributed by atoms with E-state index in [9.17, 15) is 0 Å². The number of hydrogen-bond donors (Lipinski definition) is 0. The normalized spacial score (nSPS) is 15.7. The Kier molecular flexibility index (Phi) is 8.38. The van der Waals surface area contributed by atoms with E-state index in [1.165, 1.54) is 16.7 Å². The number of rotatable bonds is 6. The van der Waals surface area contributed by atoms with Gasteiger partial charge in [0.25, 0.3) is 0 Å². The summed E-state index contributed by atoms with van der Waals surface area (Å²) in [6, 6.07) is 58.5. The van der Waals surface area contributed by atoms with Crippen molar-refractivity contribution in [3.63, 3.8) is 0 Å². The first-order valence-electron chi connectivity index (χ1n) is 20.9. The second-order valence-corrected chi connectivity index (χ2v) is 15.7. The first-order valence-corrected chi connectivity index (χ1v) is 20.9. The zero-order chi connectivity index (χ0) is 41.0. The highest BCUT2D eigenvalue weighted by atomic mass is 16.5. The molecule has 0 saturated carbocycles. The Labute approximate surface area is 358 Å². The maximum Gasteiger partial charge on any atom is 0.164 e. The molecule has 1 spiro atoms. The van der Waals surface area contributed by atoms with Crippen LogP contribution in [0.25, 0.3) is 79.2 Å². The van der Waals surface area contributed by atoms with Gasteiger partial charge in [-0.25, -0.2) is 19.9 Å². The van der Waals surface area contributed by atoms with Crippen molar-refractivity contribution in [1.29, 1.82) is 0 Å². The van der Waals surface area contributed by atoms with Crippen molar-refractivity contribution in [3.05, 3.63) is 222 Å². The van der Waals surface area contributed by atoms with Gasteiger partial charge in [-0.05, 0) is 107 Å². The van der Waals surface area contributed by atoms with E-state index in [0.717, 1.165) is 91.6 Å². The minimum absolute atomic E-state index is 0.608. The Bertz CT molecular complexity index is 2970. The van der Waals surface area contributed by atoms with Crippen LogP contribution in [0.15, 0.2) is 206 Å². The molecule has 7 heteroatoms. The van der Waals surface area contributed by atoms with Gasteiger partial charge in [0.1, 0.15) is 11.5 Å². The van der Waals surface area contributed by atoms with Crippen molar-refractivity contribution in [3.8, 4) is 84.9 Å². The predicted molar refractivity (Wildman–Crippen MR) is 244 cm³/mol. The van der Waals surface area contributed by atoms with E-state index in [4.69, 9.17) is 24.7 Å². The highest BCUT2D eigenvalue weighted by Gasteiger charge is 2.53. The van der Waals surface area contributed by atoms with E-state index < -0.39 is 5.41 Å². The number of allylic oxidation sites excluding steroid dienone is 3. The van der Waals surface area contributed by atoms with Gasteiger partial charge in [-0.1, -0.05) is 121 Å². The fraction of sp³-hybridized carbons (Fsp3) is 0.0545. The van der Waals surface area contributed by atoms with Crippen LogP contribution in [0.1, 0.15) is 29.5 Å². The van der Waals surface area contributed by atoms with Crippen molar-refractivity contribution in [2.45, 2.75) is 18.3 Å². The molecule has 1 unspecified atom stereocenters. The van der Waals surface area contributed by atoms with Gasteiger partial charge in [0.05, 0.1) is 28.2 Å². The van der Waals surface area contributed by atoms with Gasteiger partial charge in [-0.3, -0.25) is 9.97 Å². The SMILES string of the molecule is C1=C2Oc3ccccc3C3(C2=CCC1)c1ccc(-c2cc(-c4ccccn4)nc(-c4ccccn4)c2)cc1-c1cc(-c2nc(-c4ccccc4)nc(-c4ccccc4)n2)ccc13. The lowest BCUT2D eigenvalue weighted by Gasteiger charge is -2.42. The summed E-state index contributed by atoms with van der Waals surface area (Å²) in [5, 5.41) is 0. The van der Waals surface area contributed by atoms with Crippen LogP contribution in [0.5, 0.6) is 5.75 Å². The van der Waals surface area contributed by atoms with Crippen molar-refractivity contribution in [2.75, 3.05) is 0 Å². The fourth-order valence-corrected chi connectivity index (χ4v) is 9.37. The van der Waals surface area contributed by atoms with Crippen LogP contribution >= 0.6 is 0 Å². The molecule has 0 bridgehead atoms. The van der Waals surface area contributed by atoms with Gasteiger partial charge < -0.3 is 4.74 Å². The van der Waals surface area contributed by atoms with Gasteiger partial charge >= 0.3 is 0 Å². The molecule has 0 saturated heterocycles. The lowest BCUT2D eigenvalue weighted by molar-refractivity contribution is 0.383. The maximum absolute atomic E-state index is 6.71. The predicted octanol–water partition coefficient (Wildman–Crippen LogP) is 12.4. The zero-order valence-electron chi connectivity index (χ0n) is 33.5. The van der Waals surface area contributed by atoms with Gasteiger partial charge in [0, 0.05) is 40.2 Å². The molecule has 4 aromatic heterocycles. The summed E-state index contributed by atoms with van der Waals surface area (Å²) in [7, 11) is 0. The highest BCUT2D eigenvalue weighted by Crippen LogP contribution is 2.62. The Hall–Kier alpha value is -8.16. The van der Waals surface area contributed by atoms with Crippen LogP contribution in [0, 0.1) is 0 Å². The minimum atomic E-state index is -0.608. The molecule has 0 radical (unpaired) electrons. The molecular weight excluding hydrogens is 761 g/mol. The Morgan fingerprint density at radius 2 is 0.919 bits per heavy atom. The van der Waals surface area contributed by atoms with Crippen LogP contribution < -0.4 is 4.74 Å². The largest absolute Gasteiger partial charge is 0.457 e. The number of hydrogen-bond acceptors (Lipinski definition) is 7. The number of pyridine rings is 3. The van der Waals surface area contributed by atoms with Crippen LogP contribution in [-0.2, 0) is 5.41 Å². The maximum atomic E-state index is 6.71. The van der Waals surface area contributed by atoms with Gasteiger partial charge in [-0.2, -0.15) is 0 Å². The molecule has 0 amide bonds. The number of benzene rings is 5. The number of para-hydroxylation sites is 1. The average Bonchev–Trinajstić information content (AvgIpc) is 3.64. The Balaban J connectivity index is 1.11. The summed E-state index contributed by atoms with van der Waals surface area (Å²) >= 11 is 0. The molecule has 62 heavy (non-hydrogen) atoms. The lowest BCUT2D eigenvalue weighted by atomic mass is 9.64. The van der Waals surface area contributed by atoms with Crippen molar-refractivity contribution in [1.82, 2.24) is 29.9 Å². The smallest absolute Gasteiger partial charge is 0.164 e. The second kappa shape index (κ2) is 14.5. The molecule has 12 rings (SSSR count). The molecular formula is C55H36N6O. The van der Waals surface area contributed by atoms with Crippen molar-refractivity contribution < 1.29 is 4.74 Å². The number of nitrogens with zero attached hydrogens (tertiary/aromatic N) is 6. The topological polar surface area (TPSA) is 86.6 Å². The quantitative estimate of drug-likeness (QED) is 0.166. The minimum Gasteiger partial charge on any atom is -0.457 e.